The largest absolute Gasteiger partial charge is 0.484 e. The van der Waals surface area contributed by atoms with E-state index in [1.807, 2.05) is 31.2 Å². The molecule has 0 saturated carbocycles. The summed E-state index contributed by atoms with van der Waals surface area (Å²) in [6.45, 7) is 1.77. The lowest BCUT2D eigenvalue weighted by Crippen LogP contribution is -2.20. The standard InChI is InChI=1S/C21H18BrIN2O4S/c1-14-12-18(8-11-20(14)22)29-13-21(26)24-16-6-9-19(10-7-16)30(27,28)25-17-4-2-15(23)3-5-17/h2-12,25H,13H2,1H3,(H,24,26). The zero-order valence-electron chi connectivity index (χ0n) is 15.9. The number of ether oxygens (including phenoxy) is 1. The van der Waals surface area contributed by atoms with Crippen LogP contribution in [0.5, 0.6) is 5.75 Å². The average molecular weight is 601 g/mol. The fourth-order valence-electron chi connectivity index (χ4n) is 2.50. The number of rotatable bonds is 7. The molecule has 30 heavy (non-hydrogen) atoms. The van der Waals surface area contributed by atoms with Gasteiger partial charge in [-0.25, -0.2) is 8.42 Å². The van der Waals surface area contributed by atoms with Gasteiger partial charge in [-0.15, -0.1) is 0 Å². The van der Waals surface area contributed by atoms with Crippen LogP contribution in [0.2, 0.25) is 0 Å². The van der Waals surface area contributed by atoms with E-state index in [0.29, 0.717) is 17.1 Å². The second-order valence-electron chi connectivity index (χ2n) is 6.38. The molecule has 9 heteroatoms. The zero-order chi connectivity index (χ0) is 21.7. The molecule has 2 N–H and O–H groups in total. The van der Waals surface area contributed by atoms with Crippen molar-refractivity contribution in [3.05, 3.63) is 80.3 Å². The molecule has 0 aliphatic rings. The fourth-order valence-corrected chi connectivity index (χ4v) is 4.17. The van der Waals surface area contributed by atoms with E-state index in [9.17, 15) is 13.2 Å². The maximum Gasteiger partial charge on any atom is 0.262 e. The summed E-state index contributed by atoms with van der Waals surface area (Å²) in [5.74, 6) is 0.247. The number of amides is 1. The van der Waals surface area contributed by atoms with Gasteiger partial charge in [0.05, 0.1) is 4.90 Å². The first-order chi connectivity index (χ1) is 14.2. The summed E-state index contributed by atoms with van der Waals surface area (Å²) in [5.41, 5.74) is 1.96. The molecule has 0 atom stereocenters. The van der Waals surface area contributed by atoms with E-state index in [1.54, 1.807) is 18.2 Å². The van der Waals surface area contributed by atoms with Gasteiger partial charge in [0.25, 0.3) is 15.9 Å². The molecule has 3 rings (SSSR count). The van der Waals surface area contributed by atoms with E-state index in [2.05, 4.69) is 48.6 Å². The predicted octanol–water partition coefficient (Wildman–Crippen LogP) is 5.18. The molecule has 0 spiro atoms. The van der Waals surface area contributed by atoms with Crippen LogP contribution in [0, 0.1) is 10.5 Å². The van der Waals surface area contributed by atoms with Gasteiger partial charge in [0, 0.05) is 19.4 Å². The molecule has 0 fully saturated rings. The third kappa shape index (κ3) is 6.19. The number of hydrogen-bond donors (Lipinski definition) is 2. The van der Waals surface area contributed by atoms with Gasteiger partial charge in [0.2, 0.25) is 0 Å². The summed E-state index contributed by atoms with van der Waals surface area (Å²) in [7, 11) is -3.72. The second-order valence-corrected chi connectivity index (χ2v) is 10.2. The van der Waals surface area contributed by atoms with E-state index in [1.165, 1.54) is 24.3 Å². The fraction of sp³-hybridized carbons (Fsp3) is 0.0952. The van der Waals surface area contributed by atoms with Crippen molar-refractivity contribution in [1.82, 2.24) is 0 Å². The lowest BCUT2D eigenvalue weighted by Gasteiger charge is -2.10. The van der Waals surface area contributed by atoms with Gasteiger partial charge in [0.1, 0.15) is 5.75 Å². The molecule has 0 bridgehead atoms. The average Bonchev–Trinajstić information content (AvgIpc) is 2.71. The Kier molecular flexibility index (Phi) is 7.37. The van der Waals surface area contributed by atoms with Gasteiger partial charge in [-0.3, -0.25) is 9.52 Å². The number of anilines is 2. The molecular weight excluding hydrogens is 583 g/mol. The number of carbonyl (C=O) groups excluding carboxylic acids is 1. The van der Waals surface area contributed by atoms with E-state index >= 15 is 0 Å². The van der Waals surface area contributed by atoms with Crippen LogP contribution in [-0.4, -0.2) is 20.9 Å². The van der Waals surface area contributed by atoms with E-state index in [0.717, 1.165) is 13.6 Å². The highest BCUT2D eigenvalue weighted by molar-refractivity contribution is 14.1. The lowest BCUT2D eigenvalue weighted by molar-refractivity contribution is -0.118. The molecule has 0 saturated heterocycles. The van der Waals surface area contributed by atoms with E-state index in [-0.39, 0.29) is 17.4 Å². The van der Waals surface area contributed by atoms with Crippen molar-refractivity contribution in [2.24, 2.45) is 0 Å². The van der Waals surface area contributed by atoms with Crippen LogP contribution >= 0.6 is 38.5 Å². The predicted molar refractivity (Wildman–Crippen MR) is 129 cm³/mol. The van der Waals surface area contributed by atoms with Crippen molar-refractivity contribution >= 4 is 65.8 Å². The smallest absolute Gasteiger partial charge is 0.262 e. The first-order valence-corrected chi connectivity index (χ1v) is 12.2. The van der Waals surface area contributed by atoms with Gasteiger partial charge in [-0.1, -0.05) is 15.9 Å². The number of carbonyl (C=O) groups is 1. The summed E-state index contributed by atoms with van der Waals surface area (Å²) >= 11 is 5.56. The minimum Gasteiger partial charge on any atom is -0.484 e. The van der Waals surface area contributed by atoms with Gasteiger partial charge in [0.15, 0.2) is 6.61 Å². The SMILES string of the molecule is Cc1cc(OCC(=O)Nc2ccc(S(=O)(=O)Nc3ccc(I)cc3)cc2)ccc1Br. The van der Waals surface area contributed by atoms with Crippen LogP contribution in [0.25, 0.3) is 0 Å². The molecule has 0 radical (unpaired) electrons. The maximum absolute atomic E-state index is 12.5. The van der Waals surface area contributed by atoms with E-state index < -0.39 is 10.0 Å². The van der Waals surface area contributed by atoms with Crippen molar-refractivity contribution in [2.75, 3.05) is 16.6 Å². The number of hydrogen-bond acceptors (Lipinski definition) is 4. The number of benzene rings is 3. The van der Waals surface area contributed by atoms with E-state index in [4.69, 9.17) is 4.74 Å². The van der Waals surface area contributed by atoms with Crippen LogP contribution in [0.3, 0.4) is 0 Å². The van der Waals surface area contributed by atoms with Gasteiger partial charge in [-0.05, 0) is 102 Å². The molecule has 0 aliphatic heterocycles. The lowest BCUT2D eigenvalue weighted by atomic mass is 10.2. The van der Waals surface area contributed by atoms with Crippen LogP contribution < -0.4 is 14.8 Å². The second kappa shape index (κ2) is 9.80. The Morgan fingerprint density at radius 1 is 1.00 bits per heavy atom. The van der Waals surface area contributed by atoms with Crippen LogP contribution in [0.1, 0.15) is 5.56 Å². The zero-order valence-corrected chi connectivity index (χ0v) is 20.4. The summed E-state index contributed by atoms with van der Waals surface area (Å²) in [4.78, 5) is 12.2. The normalized spacial score (nSPS) is 11.0. The van der Waals surface area contributed by atoms with Crippen molar-refractivity contribution < 1.29 is 17.9 Å². The summed E-state index contributed by atoms with van der Waals surface area (Å²) in [5, 5.41) is 2.68. The highest BCUT2D eigenvalue weighted by Crippen LogP contribution is 2.22. The number of aryl methyl sites for hydroxylation is 1. The minimum atomic E-state index is -3.72. The molecule has 0 aromatic heterocycles. The quantitative estimate of drug-likeness (QED) is 0.366. The van der Waals surface area contributed by atoms with Crippen LogP contribution in [0.15, 0.2) is 76.1 Å². The third-order valence-corrected chi connectivity index (χ3v) is 7.05. The Bertz CT molecular complexity index is 1150. The highest BCUT2D eigenvalue weighted by Gasteiger charge is 2.14. The van der Waals surface area contributed by atoms with Crippen molar-refractivity contribution in [3.63, 3.8) is 0 Å². The molecular formula is C21H18BrIN2O4S. The summed E-state index contributed by atoms with van der Waals surface area (Å²) in [6, 6.07) is 18.4. The Morgan fingerprint density at radius 2 is 1.63 bits per heavy atom. The molecule has 156 valence electrons. The van der Waals surface area contributed by atoms with Crippen LogP contribution in [-0.2, 0) is 14.8 Å². The Labute approximate surface area is 197 Å². The Balaban J connectivity index is 1.58. The van der Waals surface area contributed by atoms with Gasteiger partial charge in [-0.2, -0.15) is 0 Å². The number of halogens is 2. The molecule has 6 nitrogen and oxygen atoms in total. The number of sulfonamides is 1. The molecule has 3 aromatic rings. The topological polar surface area (TPSA) is 84.5 Å². The maximum atomic E-state index is 12.5. The van der Waals surface area contributed by atoms with Gasteiger partial charge >= 0.3 is 0 Å². The Hall–Kier alpha value is -2.11. The summed E-state index contributed by atoms with van der Waals surface area (Å²) in [6.07, 6.45) is 0. The highest BCUT2D eigenvalue weighted by atomic mass is 127. The molecule has 1 amide bonds. The first-order valence-electron chi connectivity index (χ1n) is 8.80. The van der Waals surface area contributed by atoms with Crippen molar-refractivity contribution in [3.8, 4) is 5.75 Å². The molecule has 0 unspecified atom stereocenters. The first kappa shape index (κ1) is 22.6. The van der Waals surface area contributed by atoms with Crippen LogP contribution in [0.4, 0.5) is 11.4 Å². The molecule has 3 aromatic carbocycles. The van der Waals surface area contributed by atoms with Gasteiger partial charge < -0.3 is 10.1 Å². The molecule has 0 heterocycles. The third-order valence-electron chi connectivity index (χ3n) is 4.04. The molecule has 0 aliphatic carbocycles. The monoisotopic (exact) mass is 600 g/mol. The van der Waals surface area contributed by atoms with Crippen molar-refractivity contribution in [2.45, 2.75) is 11.8 Å². The number of nitrogens with one attached hydrogen (secondary N) is 2. The van der Waals surface area contributed by atoms with Crippen molar-refractivity contribution in [1.29, 1.82) is 0 Å². The Morgan fingerprint density at radius 3 is 2.27 bits per heavy atom. The minimum absolute atomic E-state index is 0.0978. The summed E-state index contributed by atoms with van der Waals surface area (Å²) < 4.78 is 35.0.